The van der Waals surface area contributed by atoms with E-state index in [2.05, 4.69) is 52.5 Å². The number of rotatable bonds is 24. The number of halogens is 1. The van der Waals surface area contributed by atoms with Gasteiger partial charge in [-0.1, -0.05) is 24.1 Å². The van der Waals surface area contributed by atoms with Gasteiger partial charge in [-0.3, -0.25) is 23.5 Å². The van der Waals surface area contributed by atoms with Crippen LogP contribution in [-0.4, -0.2) is 96.6 Å². The lowest BCUT2D eigenvalue weighted by Gasteiger charge is -2.22. The second-order valence-corrected chi connectivity index (χ2v) is 21.8. The largest absolute Gasteiger partial charge is 0.497 e. The van der Waals surface area contributed by atoms with Gasteiger partial charge in [-0.15, -0.1) is 0 Å². The highest BCUT2D eigenvalue weighted by Crippen LogP contribution is 2.43. The van der Waals surface area contributed by atoms with Gasteiger partial charge in [0.05, 0.1) is 30.0 Å². The van der Waals surface area contributed by atoms with E-state index in [0.29, 0.717) is 106 Å². The van der Waals surface area contributed by atoms with Crippen molar-refractivity contribution in [2.24, 2.45) is 0 Å². The van der Waals surface area contributed by atoms with Crippen molar-refractivity contribution >= 4 is 77.0 Å². The molecule has 19 heteroatoms. The molecule has 1 aromatic heterocycles. The van der Waals surface area contributed by atoms with Crippen LogP contribution in [0.15, 0.2) is 111 Å². The molecule has 4 aromatic carbocycles. The van der Waals surface area contributed by atoms with E-state index in [-0.39, 0.29) is 47.6 Å². The van der Waals surface area contributed by atoms with Crippen LogP contribution < -0.4 is 34.9 Å². The van der Waals surface area contributed by atoms with Crippen LogP contribution in [0.3, 0.4) is 0 Å². The predicted molar refractivity (Wildman–Crippen MR) is 295 cm³/mol. The van der Waals surface area contributed by atoms with Gasteiger partial charge >= 0.3 is 0 Å². The average Bonchev–Trinajstić information content (AvgIpc) is 3.66. The molecule has 1 aliphatic carbocycles. The van der Waals surface area contributed by atoms with E-state index in [1.54, 1.807) is 48.1 Å². The number of unbranched alkanes of at least 4 members (excludes halogenated alkanes) is 3. The Labute approximate surface area is 443 Å². The molecule has 398 valence electrons. The summed E-state index contributed by atoms with van der Waals surface area (Å²) in [6.07, 6.45) is 3.01. The molecule has 0 atom stereocenters. The zero-order valence-electron chi connectivity index (χ0n) is 43.3. The van der Waals surface area contributed by atoms with E-state index in [4.69, 9.17) is 20.8 Å². The Morgan fingerprint density at radius 1 is 0.747 bits per heavy atom. The molecule has 5 aromatic rings. The molecule has 0 bridgehead atoms. The highest BCUT2D eigenvalue weighted by Gasteiger charge is 2.28. The molecule has 0 fully saturated rings. The Kier molecular flexibility index (Phi) is 18.6. The first-order valence-corrected chi connectivity index (χ1v) is 28.7. The summed E-state index contributed by atoms with van der Waals surface area (Å²) in [6.45, 7) is 13.9. The number of hydrogen-bond donors (Lipinski definition) is 4. The smallest absolute Gasteiger partial charge is 0.295 e. The summed E-state index contributed by atoms with van der Waals surface area (Å²) >= 11 is 6.06. The minimum Gasteiger partial charge on any atom is -0.497 e. The third kappa shape index (κ3) is 13.1. The van der Waals surface area contributed by atoms with Gasteiger partial charge < -0.3 is 24.7 Å². The molecular weight excluding hydrogens is 1020 g/mol. The van der Waals surface area contributed by atoms with Crippen LogP contribution in [-0.2, 0) is 36.2 Å². The fourth-order valence-corrected chi connectivity index (χ4v) is 11.5. The Balaban J connectivity index is 0.903. The molecule has 0 spiro atoms. The maximum absolute atomic E-state index is 13.6. The van der Waals surface area contributed by atoms with Gasteiger partial charge in [0.25, 0.3) is 16.0 Å². The number of fused-ring (bicyclic) bond motifs is 3. The number of amides is 2. The van der Waals surface area contributed by atoms with Gasteiger partial charge in [-0.25, -0.2) is 17.7 Å². The summed E-state index contributed by atoms with van der Waals surface area (Å²) in [6, 6.07) is 27.2. The molecule has 0 saturated heterocycles. The number of benzene rings is 5. The van der Waals surface area contributed by atoms with E-state index >= 15 is 0 Å². The van der Waals surface area contributed by atoms with Crippen LogP contribution >= 0.6 is 11.6 Å². The van der Waals surface area contributed by atoms with Crippen molar-refractivity contribution in [1.82, 2.24) is 24.5 Å². The molecule has 2 heterocycles. The zero-order chi connectivity index (χ0) is 54.0. The maximum Gasteiger partial charge on any atom is 0.295 e. The van der Waals surface area contributed by atoms with Crippen molar-refractivity contribution in [2.45, 2.75) is 89.4 Å². The third-order valence-corrected chi connectivity index (χ3v) is 16.2. The number of carbonyl (C=O) groups excluding carboxylic acids is 3. The second-order valence-electron chi connectivity index (χ2n) is 18.2. The molecule has 0 saturated carbocycles. The van der Waals surface area contributed by atoms with Gasteiger partial charge in [0.2, 0.25) is 27.2 Å². The first kappa shape index (κ1) is 56.2. The highest BCUT2D eigenvalue weighted by molar-refractivity contribution is 7.89. The highest BCUT2D eigenvalue weighted by atomic mass is 35.5. The molecule has 0 radical (unpaired) electrons. The summed E-state index contributed by atoms with van der Waals surface area (Å²) in [5.74, 6) is 0.503. The third-order valence-electron chi connectivity index (χ3n) is 13.6. The molecule has 2 amide bonds. The molecule has 16 nitrogen and oxygen atoms in total. The van der Waals surface area contributed by atoms with Crippen molar-refractivity contribution < 1.29 is 44.9 Å². The van der Waals surface area contributed by atoms with Gasteiger partial charge in [0.1, 0.15) is 35.1 Å². The summed E-state index contributed by atoms with van der Waals surface area (Å²) < 4.78 is 82.4. The number of methoxy groups -OCH3 is 1. The lowest BCUT2D eigenvalue weighted by molar-refractivity contribution is -0.121. The second kappa shape index (κ2) is 24.8. The van der Waals surface area contributed by atoms with E-state index in [0.717, 1.165) is 48.7 Å². The Hall–Kier alpha value is -6.57. The molecule has 7 rings (SSSR count). The maximum atomic E-state index is 13.6. The van der Waals surface area contributed by atoms with Crippen molar-refractivity contribution in [1.29, 1.82) is 0 Å². The summed E-state index contributed by atoms with van der Waals surface area (Å²) in [4.78, 5) is 40.7. The lowest BCUT2D eigenvalue weighted by Crippen LogP contribution is -2.29. The monoisotopic (exact) mass is 1080 g/mol. The Morgan fingerprint density at radius 3 is 2.09 bits per heavy atom. The number of ether oxygens (including phenoxy) is 1. The average molecular weight is 1080 g/mol. The number of nitrogens with one attached hydrogen (secondary N) is 3. The topological polar surface area (TPSA) is 209 Å². The summed E-state index contributed by atoms with van der Waals surface area (Å²) in [5, 5.41) is 8.61. The van der Waals surface area contributed by atoms with Crippen molar-refractivity contribution in [3.63, 3.8) is 0 Å². The summed E-state index contributed by atoms with van der Waals surface area (Å²) in [7, 11) is -7.62. The van der Waals surface area contributed by atoms with Gasteiger partial charge in [0, 0.05) is 101 Å². The van der Waals surface area contributed by atoms with Crippen LogP contribution in [0.2, 0.25) is 5.02 Å². The fraction of sp³-hybridized carbons (Fsp3) is 0.357. The van der Waals surface area contributed by atoms with Gasteiger partial charge in [-0.05, 0) is 139 Å². The number of hydrogen-bond acceptors (Lipinski definition) is 10. The number of sulfonamides is 1. The van der Waals surface area contributed by atoms with Crippen LogP contribution in [0.4, 0.5) is 5.69 Å². The van der Waals surface area contributed by atoms with Crippen LogP contribution in [0.25, 0.3) is 44.3 Å². The fourth-order valence-electron chi connectivity index (χ4n) is 9.51. The lowest BCUT2D eigenvalue weighted by atomic mass is 9.93. The SMILES string of the molecule is CCN(CC)c1ccc2c(-c3ccc(S(=O)(=O)NCCCCCC(=O)NCCCCNC(=O)Cc4c(C)n(C(=O)c5ccc(Cl)cc5)c5ccc(OC)cc45)cc3S(=O)(=O)O)c3ccc(=[N+](CC)CC)cc-3oc2c1. The Bertz CT molecular complexity index is 3490. The van der Waals surface area contributed by atoms with Crippen LogP contribution in [0.1, 0.15) is 87.8 Å². The molecule has 2 aliphatic rings. The number of nitrogens with zero attached hydrogens (tertiary/aromatic N) is 3. The normalized spacial score (nSPS) is 11.8. The van der Waals surface area contributed by atoms with E-state index in [1.807, 2.05) is 49.4 Å². The first-order chi connectivity index (χ1) is 35.9. The quantitative estimate of drug-likeness (QED) is 0.0195. The van der Waals surface area contributed by atoms with E-state index in [9.17, 15) is 35.8 Å². The summed E-state index contributed by atoms with van der Waals surface area (Å²) in [5.41, 5.74) is 5.06. The zero-order valence-corrected chi connectivity index (χ0v) is 45.7. The molecule has 0 unspecified atom stereocenters. The number of anilines is 1. The van der Waals surface area contributed by atoms with Gasteiger partial charge in [-0.2, -0.15) is 8.42 Å². The van der Waals surface area contributed by atoms with E-state index < -0.39 is 25.0 Å². The van der Waals surface area contributed by atoms with Crippen molar-refractivity contribution in [3.8, 4) is 28.2 Å². The minimum atomic E-state index is -4.96. The molecule has 4 N–H and O–H groups in total. The molecular formula is C56H66ClN6O10S2+. The van der Waals surface area contributed by atoms with Crippen molar-refractivity contribution in [3.05, 3.63) is 124 Å². The molecule has 75 heavy (non-hydrogen) atoms. The van der Waals surface area contributed by atoms with Crippen molar-refractivity contribution in [2.75, 3.05) is 57.8 Å². The first-order valence-electron chi connectivity index (χ1n) is 25.4. The van der Waals surface area contributed by atoms with Gasteiger partial charge in [0.15, 0.2) is 0 Å². The predicted octanol–water partition coefficient (Wildman–Crippen LogP) is 8.82. The number of carbonyl (C=O) groups is 3. The van der Waals surface area contributed by atoms with Crippen LogP contribution in [0, 0.1) is 6.92 Å². The molecule has 1 aliphatic heterocycles. The standard InChI is InChI=1S/C56H65ClN6O10S2/c1-7-61(8-2)40-21-25-44-50(32-40)73-51-33-41(62(9-3)10-4)22-26-45(51)55(44)46-27-24-43(35-52(46)75(69,70)71)74(67,68)60-31-13-11-12-16-53(64)58-29-14-15-30-59-54(65)36-47-37(5)63(49-28-23-42(72-6)34-48(47)49)56(66)38-17-19-39(57)20-18-38/h17-28,32-35,60H,7-16,29-31,36H2,1-6H3,(H2-,58,59,64,65,69,70,71)/p+1. The van der Waals surface area contributed by atoms with Crippen LogP contribution in [0.5, 0.6) is 5.75 Å². The Morgan fingerprint density at radius 2 is 1.43 bits per heavy atom. The number of aromatic nitrogens is 1. The van der Waals surface area contributed by atoms with E-state index in [1.165, 1.54) is 12.1 Å². The minimum absolute atomic E-state index is 0.0369.